The number of anilines is 1. The smallest absolute Gasteiger partial charge is 0.264 e. The van der Waals surface area contributed by atoms with Crippen LogP contribution in [0, 0.1) is 11.6 Å². The Morgan fingerprint density at radius 2 is 1.97 bits per heavy atom. The SMILES string of the molecule is CC(Oc1cc2cc(F)cc(F)c2nc1N)c1cc(C(=O)NS(C)(=O)=O)ccc1-n1cccn1. The Kier molecular flexibility index (Phi) is 5.92. The summed E-state index contributed by atoms with van der Waals surface area (Å²) in [6.07, 6.45) is 3.36. The maximum absolute atomic E-state index is 14.0. The van der Waals surface area contributed by atoms with Crippen molar-refractivity contribution >= 4 is 32.7 Å². The van der Waals surface area contributed by atoms with Crippen LogP contribution in [0.25, 0.3) is 16.6 Å². The minimum atomic E-state index is -3.77. The molecule has 0 aliphatic rings. The number of rotatable bonds is 6. The highest BCUT2D eigenvalue weighted by atomic mass is 32.2. The molecule has 1 amide bonds. The number of hydrogen-bond acceptors (Lipinski definition) is 7. The lowest BCUT2D eigenvalue weighted by Crippen LogP contribution is -2.29. The summed E-state index contributed by atoms with van der Waals surface area (Å²) >= 11 is 0. The number of sulfonamides is 1. The summed E-state index contributed by atoms with van der Waals surface area (Å²) in [5.41, 5.74) is 6.94. The van der Waals surface area contributed by atoms with E-state index in [0.717, 1.165) is 12.3 Å². The third kappa shape index (κ3) is 4.81. The number of pyridine rings is 1. The summed E-state index contributed by atoms with van der Waals surface area (Å²) < 4.78 is 60.1. The lowest BCUT2D eigenvalue weighted by atomic mass is 10.0. The van der Waals surface area contributed by atoms with Gasteiger partial charge in [0, 0.05) is 35.0 Å². The fourth-order valence-corrected chi connectivity index (χ4v) is 3.88. The molecule has 0 aliphatic heterocycles. The summed E-state index contributed by atoms with van der Waals surface area (Å²) in [6, 6.07) is 9.39. The number of amides is 1. The molecule has 0 bridgehead atoms. The zero-order chi connectivity index (χ0) is 24.6. The number of nitrogens with one attached hydrogen (secondary N) is 1. The van der Waals surface area contributed by atoms with Crippen LogP contribution in [-0.2, 0) is 10.0 Å². The van der Waals surface area contributed by atoms with Gasteiger partial charge in [-0.3, -0.25) is 4.79 Å². The number of halogens is 2. The quantitative estimate of drug-likeness (QED) is 0.427. The van der Waals surface area contributed by atoms with E-state index in [1.807, 2.05) is 4.72 Å². The van der Waals surface area contributed by atoms with Crippen LogP contribution in [0.4, 0.5) is 14.6 Å². The van der Waals surface area contributed by atoms with Gasteiger partial charge in [-0.05, 0) is 43.3 Å². The van der Waals surface area contributed by atoms with Crippen molar-refractivity contribution in [2.75, 3.05) is 12.0 Å². The van der Waals surface area contributed by atoms with Crippen molar-refractivity contribution < 1.29 is 26.7 Å². The van der Waals surface area contributed by atoms with E-state index in [9.17, 15) is 22.0 Å². The monoisotopic (exact) mass is 487 g/mol. The molecule has 0 saturated carbocycles. The van der Waals surface area contributed by atoms with Gasteiger partial charge in [0.1, 0.15) is 17.4 Å². The maximum atomic E-state index is 14.0. The molecule has 1 unspecified atom stereocenters. The normalized spacial score (nSPS) is 12.5. The molecule has 2 aromatic carbocycles. The molecule has 34 heavy (non-hydrogen) atoms. The molecule has 0 spiro atoms. The van der Waals surface area contributed by atoms with Crippen molar-refractivity contribution in [1.29, 1.82) is 0 Å². The summed E-state index contributed by atoms with van der Waals surface area (Å²) in [7, 11) is -3.77. The number of hydrogen-bond donors (Lipinski definition) is 2. The Hall–Kier alpha value is -4.06. The molecule has 0 fully saturated rings. The van der Waals surface area contributed by atoms with Crippen LogP contribution in [0.2, 0.25) is 0 Å². The van der Waals surface area contributed by atoms with Gasteiger partial charge in [-0.15, -0.1) is 0 Å². The first-order valence-corrected chi connectivity index (χ1v) is 11.8. The van der Waals surface area contributed by atoms with Crippen LogP contribution in [0.3, 0.4) is 0 Å². The largest absolute Gasteiger partial charge is 0.482 e. The fourth-order valence-electron chi connectivity index (χ4n) is 3.42. The third-order valence-electron chi connectivity index (χ3n) is 4.89. The lowest BCUT2D eigenvalue weighted by molar-refractivity contribution is 0.0981. The van der Waals surface area contributed by atoms with Gasteiger partial charge in [0.05, 0.1) is 11.9 Å². The minimum absolute atomic E-state index is 0.0699. The third-order valence-corrected chi connectivity index (χ3v) is 5.45. The lowest BCUT2D eigenvalue weighted by Gasteiger charge is -2.20. The molecule has 0 aliphatic carbocycles. The average molecular weight is 487 g/mol. The van der Waals surface area contributed by atoms with Crippen LogP contribution >= 0.6 is 0 Å². The number of aromatic nitrogens is 3. The van der Waals surface area contributed by atoms with E-state index in [2.05, 4.69) is 10.1 Å². The van der Waals surface area contributed by atoms with Crippen LogP contribution < -0.4 is 15.2 Å². The second-order valence-corrected chi connectivity index (χ2v) is 9.27. The number of ether oxygens (including phenoxy) is 1. The molecule has 0 radical (unpaired) electrons. The van der Waals surface area contributed by atoms with E-state index < -0.39 is 33.7 Å². The molecule has 176 valence electrons. The molecule has 4 aromatic rings. The van der Waals surface area contributed by atoms with Crippen molar-refractivity contribution in [2.45, 2.75) is 13.0 Å². The van der Waals surface area contributed by atoms with Crippen molar-refractivity contribution in [3.8, 4) is 11.4 Å². The predicted molar refractivity (Wildman–Crippen MR) is 121 cm³/mol. The van der Waals surface area contributed by atoms with Crippen LogP contribution in [0.5, 0.6) is 5.75 Å². The van der Waals surface area contributed by atoms with E-state index >= 15 is 0 Å². The molecule has 9 nitrogen and oxygen atoms in total. The Morgan fingerprint density at radius 1 is 1.21 bits per heavy atom. The molecule has 3 N–H and O–H groups in total. The van der Waals surface area contributed by atoms with Crippen molar-refractivity contribution in [2.24, 2.45) is 0 Å². The first kappa shape index (κ1) is 23.1. The van der Waals surface area contributed by atoms with Gasteiger partial charge in [-0.25, -0.2) is 31.6 Å². The zero-order valence-corrected chi connectivity index (χ0v) is 18.8. The topological polar surface area (TPSA) is 129 Å². The van der Waals surface area contributed by atoms with Gasteiger partial charge < -0.3 is 10.5 Å². The van der Waals surface area contributed by atoms with E-state index in [0.29, 0.717) is 17.3 Å². The highest BCUT2D eigenvalue weighted by molar-refractivity contribution is 7.89. The molecule has 4 rings (SSSR count). The number of nitrogens with zero attached hydrogens (tertiary/aromatic N) is 3. The van der Waals surface area contributed by atoms with E-state index in [-0.39, 0.29) is 28.0 Å². The summed E-state index contributed by atoms with van der Waals surface area (Å²) in [4.78, 5) is 16.4. The number of nitrogens with two attached hydrogens (primary N) is 1. The van der Waals surface area contributed by atoms with Gasteiger partial charge in [0.15, 0.2) is 17.4 Å². The zero-order valence-electron chi connectivity index (χ0n) is 18.0. The van der Waals surface area contributed by atoms with Crippen molar-refractivity contribution in [3.63, 3.8) is 0 Å². The van der Waals surface area contributed by atoms with Gasteiger partial charge >= 0.3 is 0 Å². The van der Waals surface area contributed by atoms with Crippen LogP contribution in [0.1, 0.15) is 28.9 Å². The average Bonchev–Trinajstić information content (AvgIpc) is 3.28. The Bertz CT molecular complexity index is 1510. The minimum Gasteiger partial charge on any atom is -0.482 e. The maximum Gasteiger partial charge on any atom is 0.264 e. The first-order chi connectivity index (χ1) is 16.0. The van der Waals surface area contributed by atoms with E-state index in [1.54, 1.807) is 36.1 Å². The molecule has 1 atom stereocenters. The van der Waals surface area contributed by atoms with Gasteiger partial charge in [0.25, 0.3) is 5.91 Å². The summed E-state index contributed by atoms with van der Waals surface area (Å²) in [5.74, 6) is -2.49. The van der Waals surface area contributed by atoms with Crippen molar-refractivity contribution in [1.82, 2.24) is 19.5 Å². The molecule has 2 aromatic heterocycles. The predicted octanol–water partition coefficient (Wildman–Crippen LogP) is 3.11. The molecule has 12 heteroatoms. The number of fused-ring (bicyclic) bond motifs is 1. The molecular weight excluding hydrogens is 468 g/mol. The molecule has 2 heterocycles. The number of nitrogen functional groups attached to an aromatic ring is 1. The first-order valence-electron chi connectivity index (χ1n) is 9.90. The fraction of sp³-hybridized carbons (Fsp3) is 0.136. The van der Waals surface area contributed by atoms with Crippen molar-refractivity contribution in [3.05, 3.63) is 77.6 Å². The second-order valence-electron chi connectivity index (χ2n) is 7.52. The highest BCUT2D eigenvalue weighted by Gasteiger charge is 2.20. The van der Waals surface area contributed by atoms with Gasteiger partial charge in [-0.2, -0.15) is 5.10 Å². The Morgan fingerprint density at radius 3 is 2.65 bits per heavy atom. The number of carbonyl (C=O) groups excluding carboxylic acids is 1. The second kappa shape index (κ2) is 8.71. The standard InChI is InChI=1S/C22H19F2N5O4S/c1-12(33-19-10-14-8-15(23)11-17(24)20(14)27-21(19)25)16-9-13(22(30)28-34(2,31)32)4-5-18(16)29-7-3-6-26-29/h3-12H,1-2H3,(H2,25,27)(H,28,30). The Balaban J connectivity index is 1.75. The highest BCUT2D eigenvalue weighted by Crippen LogP contribution is 2.33. The molecule has 0 saturated heterocycles. The summed E-state index contributed by atoms with van der Waals surface area (Å²) in [6.45, 7) is 1.66. The van der Waals surface area contributed by atoms with Gasteiger partial charge in [-0.1, -0.05) is 0 Å². The molecular formula is C22H19F2N5O4S. The van der Waals surface area contributed by atoms with Crippen LogP contribution in [0.15, 0.2) is 54.9 Å². The summed E-state index contributed by atoms with van der Waals surface area (Å²) in [5, 5.41) is 4.35. The number of benzene rings is 2. The number of carbonyl (C=O) groups is 1. The van der Waals surface area contributed by atoms with E-state index in [4.69, 9.17) is 10.5 Å². The Labute approximate surface area is 193 Å². The van der Waals surface area contributed by atoms with Gasteiger partial charge in [0.2, 0.25) is 10.0 Å². The van der Waals surface area contributed by atoms with Crippen LogP contribution in [-0.4, -0.2) is 35.3 Å². The van der Waals surface area contributed by atoms with E-state index in [1.165, 1.54) is 18.2 Å².